The van der Waals surface area contributed by atoms with Gasteiger partial charge in [-0.1, -0.05) is 18.2 Å². The first kappa shape index (κ1) is 15.9. The highest BCUT2D eigenvalue weighted by Gasteiger charge is 2.41. The van der Waals surface area contributed by atoms with Crippen LogP contribution in [-0.4, -0.2) is 30.5 Å². The Kier molecular flexibility index (Phi) is 4.86. The summed E-state index contributed by atoms with van der Waals surface area (Å²) in [5, 5.41) is 13.1. The van der Waals surface area contributed by atoms with E-state index in [0.717, 1.165) is 30.6 Å². The molecule has 1 fully saturated rings. The Morgan fingerprint density at radius 2 is 2.22 bits per heavy atom. The molecule has 23 heavy (non-hydrogen) atoms. The molecule has 0 aliphatic carbocycles. The molecule has 1 saturated heterocycles. The molecule has 2 heterocycles. The van der Waals surface area contributed by atoms with Crippen LogP contribution in [0, 0.1) is 5.92 Å². The Bertz CT molecular complexity index is 599. The minimum absolute atomic E-state index is 0.0215. The largest absolute Gasteiger partial charge is 0.481 e. The molecule has 2 aliphatic rings. The summed E-state index contributed by atoms with van der Waals surface area (Å²) in [5.41, 5.74) is 1.00. The van der Waals surface area contributed by atoms with Crippen molar-refractivity contribution in [2.24, 2.45) is 5.92 Å². The van der Waals surface area contributed by atoms with Crippen LogP contribution in [0.4, 0.5) is 0 Å². The Morgan fingerprint density at radius 1 is 1.39 bits per heavy atom. The maximum absolute atomic E-state index is 11.8. The molecule has 0 spiro atoms. The number of fused-ring (bicyclic) bond motifs is 1. The van der Waals surface area contributed by atoms with E-state index in [9.17, 15) is 9.90 Å². The number of aliphatic carboxylic acids is 1. The number of carbonyl (C=O) groups is 1. The highest BCUT2D eigenvalue weighted by atomic mass is 16.7. The molecule has 5 nitrogen and oxygen atoms in total. The third-order valence-corrected chi connectivity index (χ3v) is 4.70. The first-order valence-electron chi connectivity index (χ1n) is 8.17. The molecule has 124 valence electrons. The maximum atomic E-state index is 11.8. The van der Waals surface area contributed by atoms with Crippen LogP contribution in [0.1, 0.15) is 37.7 Å². The van der Waals surface area contributed by atoms with E-state index >= 15 is 0 Å². The van der Waals surface area contributed by atoms with Gasteiger partial charge in [-0.25, -0.2) is 0 Å². The highest BCUT2D eigenvalue weighted by Crippen LogP contribution is 2.39. The quantitative estimate of drug-likeness (QED) is 0.624. The van der Waals surface area contributed by atoms with Crippen molar-refractivity contribution in [1.29, 1.82) is 0 Å². The van der Waals surface area contributed by atoms with E-state index < -0.39 is 11.9 Å². The highest BCUT2D eigenvalue weighted by molar-refractivity contribution is 5.73. The molecule has 3 atom stereocenters. The SMILES string of the molecule is C/C=C/CCCC1NCC(c2ccc3c(c2)OCO3)[C@H]1C(=O)O. The van der Waals surface area contributed by atoms with E-state index in [1.54, 1.807) is 0 Å². The predicted octanol–water partition coefficient (Wildman–Crippen LogP) is 2.92. The molecular weight excluding hydrogens is 294 g/mol. The van der Waals surface area contributed by atoms with Crippen LogP contribution in [0.3, 0.4) is 0 Å². The van der Waals surface area contributed by atoms with Crippen molar-refractivity contribution in [3.05, 3.63) is 35.9 Å². The average Bonchev–Trinajstić information content (AvgIpc) is 3.17. The summed E-state index contributed by atoms with van der Waals surface area (Å²) in [6.07, 6.45) is 7.03. The molecule has 0 amide bonds. The van der Waals surface area contributed by atoms with Crippen LogP contribution in [0.2, 0.25) is 0 Å². The summed E-state index contributed by atoms with van der Waals surface area (Å²) in [4.78, 5) is 11.8. The Hall–Kier alpha value is -2.01. The smallest absolute Gasteiger partial charge is 0.308 e. The Labute approximate surface area is 136 Å². The zero-order valence-electron chi connectivity index (χ0n) is 13.3. The van der Waals surface area contributed by atoms with Crippen molar-refractivity contribution in [3.8, 4) is 11.5 Å². The van der Waals surface area contributed by atoms with Gasteiger partial charge < -0.3 is 19.9 Å². The molecule has 3 rings (SSSR count). The maximum Gasteiger partial charge on any atom is 0.308 e. The lowest BCUT2D eigenvalue weighted by Gasteiger charge is -2.20. The van der Waals surface area contributed by atoms with Gasteiger partial charge in [0.25, 0.3) is 0 Å². The first-order chi connectivity index (χ1) is 11.2. The average molecular weight is 317 g/mol. The molecule has 0 saturated carbocycles. The predicted molar refractivity (Wildman–Crippen MR) is 86.9 cm³/mol. The lowest BCUT2D eigenvalue weighted by Crippen LogP contribution is -2.32. The lowest BCUT2D eigenvalue weighted by atomic mass is 9.83. The number of allylic oxidation sites excluding steroid dienone is 2. The fourth-order valence-electron chi connectivity index (χ4n) is 3.53. The fourth-order valence-corrected chi connectivity index (χ4v) is 3.53. The summed E-state index contributed by atoms with van der Waals surface area (Å²) in [6.45, 7) is 2.92. The summed E-state index contributed by atoms with van der Waals surface area (Å²) in [7, 11) is 0. The number of unbranched alkanes of at least 4 members (excludes halogenated alkanes) is 1. The molecule has 0 radical (unpaired) electrons. The zero-order valence-corrected chi connectivity index (χ0v) is 13.3. The third-order valence-electron chi connectivity index (χ3n) is 4.70. The number of carboxylic acids is 1. The van der Waals surface area contributed by atoms with Crippen molar-refractivity contribution in [3.63, 3.8) is 0 Å². The molecule has 2 unspecified atom stereocenters. The van der Waals surface area contributed by atoms with Gasteiger partial charge in [-0.15, -0.1) is 0 Å². The summed E-state index contributed by atoms with van der Waals surface area (Å²) in [5.74, 6) is 0.279. The van der Waals surface area contributed by atoms with Gasteiger partial charge in [-0.3, -0.25) is 4.79 Å². The van der Waals surface area contributed by atoms with Gasteiger partial charge >= 0.3 is 5.97 Å². The van der Waals surface area contributed by atoms with E-state index in [1.807, 2.05) is 31.2 Å². The van der Waals surface area contributed by atoms with Gasteiger partial charge in [0.1, 0.15) is 0 Å². The van der Waals surface area contributed by atoms with Crippen molar-refractivity contribution in [2.45, 2.75) is 38.1 Å². The standard InChI is InChI=1S/C18H23NO4/c1-2-3-4-5-6-14-17(18(20)21)13(10-19-14)12-7-8-15-16(9-12)23-11-22-15/h2-3,7-9,13-14,17,19H,4-6,10-11H2,1H3,(H,20,21)/b3-2+/t13?,14?,17-/m1/s1. The van der Waals surface area contributed by atoms with Crippen LogP contribution >= 0.6 is 0 Å². The lowest BCUT2D eigenvalue weighted by molar-refractivity contribution is -0.142. The Morgan fingerprint density at radius 3 is 3.00 bits per heavy atom. The molecule has 0 bridgehead atoms. The molecule has 1 aromatic rings. The van der Waals surface area contributed by atoms with Crippen molar-refractivity contribution >= 4 is 5.97 Å². The van der Waals surface area contributed by atoms with Crippen molar-refractivity contribution in [1.82, 2.24) is 5.32 Å². The minimum Gasteiger partial charge on any atom is -0.481 e. The van der Waals surface area contributed by atoms with Crippen LogP contribution in [0.25, 0.3) is 0 Å². The van der Waals surface area contributed by atoms with Crippen LogP contribution in [-0.2, 0) is 4.79 Å². The Balaban J connectivity index is 1.73. The normalized spacial score (nSPS) is 26.0. The molecular formula is C18H23NO4. The van der Waals surface area contributed by atoms with E-state index in [1.165, 1.54) is 0 Å². The molecule has 0 aromatic heterocycles. The van der Waals surface area contributed by atoms with Crippen LogP contribution in [0.5, 0.6) is 11.5 Å². The number of hydrogen-bond donors (Lipinski definition) is 2. The van der Waals surface area contributed by atoms with Gasteiger partial charge in [0, 0.05) is 18.5 Å². The van der Waals surface area contributed by atoms with E-state index in [2.05, 4.69) is 11.4 Å². The van der Waals surface area contributed by atoms with Gasteiger partial charge in [0.2, 0.25) is 6.79 Å². The molecule has 5 heteroatoms. The molecule has 1 aromatic carbocycles. The zero-order chi connectivity index (χ0) is 16.2. The fraction of sp³-hybridized carbons (Fsp3) is 0.500. The second-order valence-corrected chi connectivity index (χ2v) is 6.10. The second-order valence-electron chi connectivity index (χ2n) is 6.10. The molecule has 2 N–H and O–H groups in total. The minimum atomic E-state index is -0.728. The van der Waals surface area contributed by atoms with E-state index in [0.29, 0.717) is 12.3 Å². The van der Waals surface area contributed by atoms with Gasteiger partial charge in [-0.2, -0.15) is 0 Å². The number of benzene rings is 1. The third kappa shape index (κ3) is 3.34. The van der Waals surface area contributed by atoms with Crippen LogP contribution < -0.4 is 14.8 Å². The summed E-state index contributed by atoms with van der Waals surface area (Å²) < 4.78 is 10.7. The van der Waals surface area contributed by atoms with Crippen molar-refractivity contribution in [2.75, 3.05) is 13.3 Å². The number of hydrogen-bond acceptors (Lipinski definition) is 4. The van der Waals surface area contributed by atoms with Gasteiger partial charge in [0.15, 0.2) is 11.5 Å². The van der Waals surface area contributed by atoms with Crippen LogP contribution in [0.15, 0.2) is 30.4 Å². The van der Waals surface area contributed by atoms with E-state index in [4.69, 9.17) is 9.47 Å². The number of ether oxygens (including phenoxy) is 2. The number of carboxylic acid groups (broad SMARTS) is 1. The van der Waals surface area contributed by atoms with Crippen molar-refractivity contribution < 1.29 is 19.4 Å². The monoisotopic (exact) mass is 317 g/mol. The van der Waals surface area contributed by atoms with Gasteiger partial charge in [-0.05, 0) is 43.9 Å². The summed E-state index contributed by atoms with van der Waals surface area (Å²) in [6, 6.07) is 5.77. The second kappa shape index (κ2) is 7.04. The van der Waals surface area contributed by atoms with Gasteiger partial charge in [0.05, 0.1) is 5.92 Å². The summed E-state index contributed by atoms with van der Waals surface area (Å²) >= 11 is 0. The molecule has 2 aliphatic heterocycles. The number of rotatable bonds is 6. The topological polar surface area (TPSA) is 67.8 Å². The van der Waals surface area contributed by atoms with E-state index in [-0.39, 0.29) is 18.8 Å². The number of nitrogens with one attached hydrogen (secondary N) is 1. The first-order valence-corrected chi connectivity index (χ1v) is 8.17.